The number of amides is 1. The highest BCUT2D eigenvalue weighted by molar-refractivity contribution is 5.98. The topological polar surface area (TPSA) is 83.2 Å². The lowest BCUT2D eigenvalue weighted by atomic mass is 9.90. The lowest BCUT2D eigenvalue weighted by Gasteiger charge is -2.39. The molecule has 2 N–H and O–H groups in total. The van der Waals surface area contributed by atoms with Crippen LogP contribution in [0.1, 0.15) is 19.0 Å². The number of halogens is 3. The van der Waals surface area contributed by atoms with Crippen LogP contribution in [-0.4, -0.2) is 40.0 Å². The first-order valence-electron chi connectivity index (χ1n) is 8.02. The number of aryl methyl sites for hydroxylation is 1. The van der Waals surface area contributed by atoms with Crippen LogP contribution in [0.4, 0.5) is 13.2 Å². The number of carbonyl (C=O) groups excluding carboxylic acids is 1. The number of hydrogen-bond acceptors (Lipinski definition) is 4. The van der Waals surface area contributed by atoms with Gasteiger partial charge in [0.2, 0.25) is 5.91 Å². The van der Waals surface area contributed by atoms with Gasteiger partial charge in [0.1, 0.15) is 5.75 Å². The highest BCUT2D eigenvalue weighted by atomic mass is 19.4. The van der Waals surface area contributed by atoms with E-state index in [1.807, 2.05) is 0 Å². The second-order valence-corrected chi connectivity index (χ2v) is 6.55. The van der Waals surface area contributed by atoms with Crippen LogP contribution in [0.2, 0.25) is 0 Å². The fourth-order valence-electron chi connectivity index (χ4n) is 3.07. The molecule has 0 unspecified atom stereocenters. The monoisotopic (exact) mass is 381 g/mol. The molecule has 1 aromatic heterocycles. The fourth-order valence-corrected chi connectivity index (χ4v) is 3.07. The molecule has 1 aliphatic rings. The Bertz CT molecular complexity index is 888. The maximum Gasteiger partial charge on any atom is 0.573 e. The van der Waals surface area contributed by atoms with Crippen molar-refractivity contribution in [1.29, 1.82) is 5.41 Å². The maximum atomic E-state index is 12.4. The number of nitrogens with zero attached hydrogens (tertiary/aromatic N) is 3. The van der Waals surface area contributed by atoms with Gasteiger partial charge in [-0.25, -0.2) is 0 Å². The predicted molar refractivity (Wildman–Crippen MR) is 90.9 cm³/mol. The Morgan fingerprint density at radius 2 is 2.00 bits per heavy atom. The van der Waals surface area contributed by atoms with Crippen molar-refractivity contribution in [2.24, 2.45) is 7.05 Å². The number of alkyl halides is 3. The van der Waals surface area contributed by atoms with Crippen LogP contribution < -0.4 is 10.1 Å². The van der Waals surface area contributed by atoms with E-state index in [1.165, 1.54) is 30.1 Å². The lowest BCUT2D eigenvalue weighted by molar-refractivity contribution is -0.274. The van der Waals surface area contributed by atoms with E-state index in [4.69, 9.17) is 5.41 Å². The van der Waals surface area contributed by atoms with Crippen LogP contribution in [0.25, 0.3) is 11.3 Å². The summed E-state index contributed by atoms with van der Waals surface area (Å²) in [4.78, 5) is 13.4. The number of ether oxygens (including phenoxy) is 1. The zero-order valence-corrected chi connectivity index (χ0v) is 14.9. The fraction of sp³-hybridized carbons (Fsp3) is 0.353. The lowest BCUT2D eigenvalue weighted by Crippen LogP contribution is -2.58. The highest BCUT2D eigenvalue weighted by Crippen LogP contribution is 2.33. The van der Waals surface area contributed by atoms with Crippen molar-refractivity contribution >= 4 is 11.9 Å². The van der Waals surface area contributed by atoms with E-state index in [9.17, 15) is 18.0 Å². The summed E-state index contributed by atoms with van der Waals surface area (Å²) in [5, 5.41) is 15.3. The van der Waals surface area contributed by atoms with Crippen molar-refractivity contribution in [2.75, 3.05) is 7.05 Å². The summed E-state index contributed by atoms with van der Waals surface area (Å²) >= 11 is 0. The van der Waals surface area contributed by atoms with Crippen LogP contribution >= 0.6 is 0 Å². The molecule has 1 saturated heterocycles. The van der Waals surface area contributed by atoms with Crippen LogP contribution in [-0.2, 0) is 17.4 Å². The first-order valence-corrected chi connectivity index (χ1v) is 8.02. The third kappa shape index (κ3) is 3.74. The van der Waals surface area contributed by atoms with Crippen molar-refractivity contribution in [1.82, 2.24) is 20.0 Å². The summed E-state index contributed by atoms with van der Waals surface area (Å²) < 4.78 is 42.8. The quantitative estimate of drug-likeness (QED) is 0.856. The minimum Gasteiger partial charge on any atom is -0.406 e. The van der Waals surface area contributed by atoms with Gasteiger partial charge in [0.05, 0.1) is 23.3 Å². The third-order valence-electron chi connectivity index (χ3n) is 4.42. The zero-order valence-electron chi connectivity index (χ0n) is 14.9. The molecule has 7 nitrogen and oxygen atoms in total. The van der Waals surface area contributed by atoms with Gasteiger partial charge in [0.25, 0.3) is 0 Å². The minimum absolute atomic E-state index is 0.0305. The summed E-state index contributed by atoms with van der Waals surface area (Å²) in [5.41, 5.74) is 0.643. The van der Waals surface area contributed by atoms with E-state index in [1.54, 1.807) is 30.8 Å². The molecule has 10 heteroatoms. The minimum atomic E-state index is -4.78. The number of hydrogen-bond donors (Lipinski definition) is 2. The average Bonchev–Trinajstić information content (AvgIpc) is 2.94. The molecule has 1 atom stereocenters. The van der Waals surface area contributed by atoms with Crippen LogP contribution in [0.5, 0.6) is 5.75 Å². The molecule has 1 aromatic carbocycles. The molecule has 2 aromatic rings. The SMILES string of the molecule is CN1C(=N)N[C@](C)(c2cc(-c3cccc(OC(F)(F)F)c3)nn2C)CC1=O. The van der Waals surface area contributed by atoms with Gasteiger partial charge in [-0.15, -0.1) is 13.2 Å². The van der Waals surface area contributed by atoms with Crippen molar-refractivity contribution in [3.63, 3.8) is 0 Å². The molecule has 3 rings (SSSR count). The Morgan fingerprint density at radius 1 is 1.30 bits per heavy atom. The molecule has 0 saturated carbocycles. The number of nitrogens with one attached hydrogen (secondary N) is 2. The summed E-state index contributed by atoms with van der Waals surface area (Å²) in [6.07, 6.45) is -4.66. The Labute approximate surface area is 153 Å². The summed E-state index contributed by atoms with van der Waals surface area (Å²) in [6.45, 7) is 1.77. The molecule has 1 amide bonds. The second-order valence-electron chi connectivity index (χ2n) is 6.55. The predicted octanol–water partition coefficient (Wildman–Crippen LogP) is 2.59. The molecular formula is C17H18F3N5O2. The summed E-state index contributed by atoms with van der Waals surface area (Å²) in [6, 6.07) is 7.20. The van der Waals surface area contributed by atoms with Crippen molar-refractivity contribution in [2.45, 2.75) is 25.2 Å². The standard InChI is InChI=1S/C17H18F3N5O2/c1-16(9-14(26)24(2)15(21)22-16)13-8-12(23-25(13)3)10-5-4-6-11(7-10)27-17(18,19)20/h4-8H,9H2,1-3H3,(H2,21,22)/t16-/m0/s1. The Hall–Kier alpha value is -3.04. The number of guanidine groups is 1. The van der Waals surface area contributed by atoms with Gasteiger partial charge >= 0.3 is 6.36 Å². The first kappa shape index (κ1) is 18.7. The Balaban J connectivity index is 1.95. The Morgan fingerprint density at radius 3 is 2.63 bits per heavy atom. The normalized spacial score (nSPS) is 20.6. The van der Waals surface area contributed by atoms with Crippen LogP contribution in [0.3, 0.4) is 0 Å². The van der Waals surface area contributed by atoms with E-state index in [-0.39, 0.29) is 24.0 Å². The van der Waals surface area contributed by atoms with Gasteiger partial charge in [-0.3, -0.25) is 19.8 Å². The smallest absolute Gasteiger partial charge is 0.406 e. The molecule has 0 radical (unpaired) electrons. The van der Waals surface area contributed by atoms with E-state index < -0.39 is 11.9 Å². The molecule has 0 aliphatic carbocycles. The van der Waals surface area contributed by atoms with Crippen molar-refractivity contribution in [3.8, 4) is 17.0 Å². The first-order chi connectivity index (χ1) is 12.5. The average molecular weight is 381 g/mol. The maximum absolute atomic E-state index is 12.4. The van der Waals surface area contributed by atoms with Gasteiger partial charge in [0.15, 0.2) is 5.96 Å². The third-order valence-corrected chi connectivity index (χ3v) is 4.42. The molecule has 27 heavy (non-hydrogen) atoms. The van der Waals surface area contributed by atoms with Crippen molar-refractivity contribution in [3.05, 3.63) is 36.0 Å². The number of carbonyl (C=O) groups is 1. The number of aromatic nitrogens is 2. The van der Waals surface area contributed by atoms with Crippen LogP contribution in [0, 0.1) is 5.41 Å². The van der Waals surface area contributed by atoms with Gasteiger partial charge in [-0.05, 0) is 25.1 Å². The largest absolute Gasteiger partial charge is 0.573 e. The summed E-state index contributed by atoms with van der Waals surface area (Å²) in [5.74, 6) is -0.588. The molecule has 0 bridgehead atoms. The second kappa shape index (κ2) is 6.29. The summed E-state index contributed by atoms with van der Waals surface area (Å²) in [7, 11) is 3.19. The zero-order chi connectivity index (χ0) is 20.0. The molecule has 2 heterocycles. The van der Waals surface area contributed by atoms with Crippen LogP contribution in [0.15, 0.2) is 30.3 Å². The van der Waals surface area contributed by atoms with Gasteiger partial charge in [-0.1, -0.05) is 12.1 Å². The number of rotatable bonds is 3. The molecule has 0 spiro atoms. The molecule has 1 aliphatic heterocycles. The van der Waals surface area contributed by atoms with E-state index in [0.29, 0.717) is 17.0 Å². The van der Waals surface area contributed by atoms with Gasteiger partial charge in [-0.2, -0.15) is 5.10 Å². The van der Waals surface area contributed by atoms with E-state index >= 15 is 0 Å². The van der Waals surface area contributed by atoms with E-state index in [2.05, 4.69) is 15.2 Å². The molecule has 144 valence electrons. The highest BCUT2D eigenvalue weighted by Gasteiger charge is 2.40. The molecule has 1 fully saturated rings. The Kier molecular flexibility index (Phi) is 4.37. The van der Waals surface area contributed by atoms with Crippen molar-refractivity contribution < 1.29 is 22.7 Å². The van der Waals surface area contributed by atoms with Gasteiger partial charge in [0, 0.05) is 19.7 Å². The molecular weight excluding hydrogens is 363 g/mol. The van der Waals surface area contributed by atoms with E-state index in [0.717, 1.165) is 0 Å². The van der Waals surface area contributed by atoms with Gasteiger partial charge < -0.3 is 10.1 Å². The number of benzene rings is 1.